The summed E-state index contributed by atoms with van der Waals surface area (Å²) in [5, 5.41) is 10.4. The maximum Gasteiger partial charge on any atom is 0.195 e. The number of pyridine rings is 1. The Hall–Kier alpha value is -1.85. The highest BCUT2D eigenvalue weighted by Gasteiger charge is 2.20. The lowest BCUT2D eigenvalue weighted by Crippen LogP contribution is -2.12. The number of benzene rings is 1. The van der Waals surface area contributed by atoms with Crippen LogP contribution in [0.2, 0.25) is 0 Å². The van der Waals surface area contributed by atoms with E-state index in [2.05, 4.69) is 43.1 Å². The topological polar surface area (TPSA) is 67.8 Å². The predicted molar refractivity (Wildman–Crippen MR) is 112 cm³/mol. The summed E-state index contributed by atoms with van der Waals surface area (Å²) < 4.78 is 23.1. The fourth-order valence-electron chi connectivity index (χ4n) is 3.10. The molecule has 0 amide bonds. The number of rotatable bonds is 5. The van der Waals surface area contributed by atoms with Crippen molar-refractivity contribution in [3.05, 3.63) is 50.8 Å². The highest BCUT2D eigenvalue weighted by molar-refractivity contribution is 14.1. The van der Waals surface area contributed by atoms with Crippen molar-refractivity contribution < 1.29 is 9.13 Å². The molecule has 27 heavy (non-hydrogen) atoms. The number of anilines is 2. The summed E-state index contributed by atoms with van der Waals surface area (Å²) in [4.78, 5) is 4.17. The zero-order valence-corrected chi connectivity index (χ0v) is 17.3. The third-order valence-electron chi connectivity index (χ3n) is 4.49. The molecule has 3 heterocycles. The number of aromatic nitrogens is 4. The van der Waals surface area contributed by atoms with Crippen LogP contribution in [0.5, 0.6) is 0 Å². The van der Waals surface area contributed by atoms with Gasteiger partial charge in [-0.25, -0.2) is 4.39 Å². The molecule has 1 unspecified atom stereocenters. The van der Waals surface area contributed by atoms with E-state index in [1.165, 1.54) is 6.07 Å². The van der Waals surface area contributed by atoms with E-state index in [1.807, 2.05) is 16.7 Å². The molecule has 1 aliphatic heterocycles. The Labute approximate surface area is 174 Å². The van der Waals surface area contributed by atoms with Crippen molar-refractivity contribution in [2.24, 2.45) is 5.92 Å². The third-order valence-corrected chi connectivity index (χ3v) is 5.47. The van der Waals surface area contributed by atoms with E-state index in [1.54, 1.807) is 18.5 Å². The Balaban J connectivity index is 1.70. The maximum absolute atomic E-state index is 14.3. The second-order valence-corrected chi connectivity index (χ2v) is 8.00. The van der Waals surface area contributed by atoms with Gasteiger partial charge in [0.25, 0.3) is 0 Å². The van der Waals surface area contributed by atoms with E-state index in [9.17, 15) is 4.39 Å². The highest BCUT2D eigenvalue weighted by Crippen LogP contribution is 2.30. The Kier molecular flexibility index (Phi) is 5.50. The van der Waals surface area contributed by atoms with Gasteiger partial charge in [-0.2, -0.15) is 5.10 Å². The molecule has 140 valence electrons. The van der Waals surface area contributed by atoms with Gasteiger partial charge in [0.05, 0.1) is 24.2 Å². The number of halogens is 2. The van der Waals surface area contributed by atoms with Crippen molar-refractivity contribution in [2.45, 2.75) is 13.0 Å². The molecule has 3 aromatic rings. The number of hydrogen-bond donors (Lipinski definition) is 2. The van der Waals surface area contributed by atoms with Gasteiger partial charge in [0.15, 0.2) is 10.6 Å². The van der Waals surface area contributed by atoms with Gasteiger partial charge in [0.2, 0.25) is 0 Å². The minimum absolute atomic E-state index is 0.321. The molecule has 1 fully saturated rings. The zero-order valence-electron chi connectivity index (χ0n) is 14.3. The number of aromatic amines is 1. The molecule has 4 rings (SSSR count). The first-order chi connectivity index (χ1) is 13.1. The summed E-state index contributed by atoms with van der Waals surface area (Å²) in [6.07, 6.45) is 4.35. The van der Waals surface area contributed by atoms with Crippen LogP contribution in [0.15, 0.2) is 36.7 Å². The first-order valence-corrected chi connectivity index (χ1v) is 10.00. The van der Waals surface area contributed by atoms with E-state index in [4.69, 9.17) is 17.0 Å². The maximum atomic E-state index is 14.3. The molecule has 2 N–H and O–H groups in total. The van der Waals surface area contributed by atoms with E-state index in [0.717, 1.165) is 35.3 Å². The molecule has 1 saturated heterocycles. The van der Waals surface area contributed by atoms with Gasteiger partial charge in [-0.1, -0.05) is 0 Å². The van der Waals surface area contributed by atoms with Gasteiger partial charge < -0.3 is 10.1 Å². The number of nitrogens with zero attached hydrogens (tertiary/aromatic N) is 3. The van der Waals surface area contributed by atoms with Gasteiger partial charge in [-0.3, -0.25) is 14.6 Å². The fraction of sp³-hybridized carbons (Fsp3) is 0.278. The average Bonchev–Trinajstić information content (AvgIpc) is 3.29. The van der Waals surface area contributed by atoms with Crippen LogP contribution >= 0.6 is 34.8 Å². The standard InChI is InChI=1S/C18H17FIN5OS/c19-14-7-12(20)1-2-15(14)22-16-8-21-5-3-13(16)17-23-24-18(27)25(17)9-11-4-6-26-10-11/h1-3,5,7-8,11,22H,4,6,9-10H2,(H,24,27). The number of hydrogen-bond acceptors (Lipinski definition) is 5. The second kappa shape index (κ2) is 8.03. The summed E-state index contributed by atoms with van der Waals surface area (Å²) in [7, 11) is 0. The highest BCUT2D eigenvalue weighted by atomic mass is 127. The molecular weight excluding hydrogens is 480 g/mol. The van der Waals surface area contributed by atoms with Gasteiger partial charge in [-0.05, 0) is 65.5 Å². The number of ether oxygens (including phenoxy) is 1. The lowest BCUT2D eigenvalue weighted by molar-refractivity contribution is 0.182. The largest absolute Gasteiger partial charge is 0.381 e. The minimum atomic E-state index is -0.321. The molecule has 0 aliphatic carbocycles. The summed E-state index contributed by atoms with van der Waals surface area (Å²) in [6, 6.07) is 6.88. The normalized spacial score (nSPS) is 16.6. The first kappa shape index (κ1) is 18.5. The molecular formula is C18H17FIN5OS. The van der Waals surface area contributed by atoms with Crippen molar-refractivity contribution >= 4 is 46.2 Å². The fourth-order valence-corrected chi connectivity index (χ4v) is 3.76. The Bertz CT molecular complexity index is 1010. The van der Waals surface area contributed by atoms with Crippen LogP contribution in [0.3, 0.4) is 0 Å². The van der Waals surface area contributed by atoms with Crippen LogP contribution in [0, 0.1) is 20.1 Å². The van der Waals surface area contributed by atoms with E-state index in [-0.39, 0.29) is 5.82 Å². The predicted octanol–water partition coefficient (Wildman–Crippen LogP) is 4.53. The summed E-state index contributed by atoms with van der Waals surface area (Å²) in [6.45, 7) is 2.23. The number of H-pyrrole nitrogens is 1. The molecule has 0 spiro atoms. The minimum Gasteiger partial charge on any atom is -0.381 e. The van der Waals surface area contributed by atoms with Crippen LogP contribution in [0.25, 0.3) is 11.4 Å². The van der Waals surface area contributed by atoms with Crippen LogP contribution in [0.1, 0.15) is 6.42 Å². The van der Waals surface area contributed by atoms with Gasteiger partial charge in [0, 0.05) is 34.4 Å². The second-order valence-electron chi connectivity index (χ2n) is 6.36. The lowest BCUT2D eigenvalue weighted by Gasteiger charge is -2.15. The SMILES string of the molecule is Fc1cc(I)ccc1Nc1cnccc1-c1n[nH]c(=S)n1CC1CCOC1. The Morgan fingerprint density at radius 2 is 2.26 bits per heavy atom. The van der Waals surface area contributed by atoms with Crippen LogP contribution in [-0.4, -0.2) is 33.0 Å². The third kappa shape index (κ3) is 4.04. The van der Waals surface area contributed by atoms with Crippen molar-refractivity contribution in [3.8, 4) is 11.4 Å². The average molecular weight is 497 g/mol. The van der Waals surface area contributed by atoms with Crippen LogP contribution < -0.4 is 5.32 Å². The van der Waals surface area contributed by atoms with Crippen molar-refractivity contribution in [1.29, 1.82) is 0 Å². The smallest absolute Gasteiger partial charge is 0.195 e. The molecule has 1 aromatic carbocycles. The summed E-state index contributed by atoms with van der Waals surface area (Å²) in [5.74, 6) is 0.779. The van der Waals surface area contributed by atoms with Gasteiger partial charge in [0.1, 0.15) is 5.82 Å². The quantitative estimate of drug-likeness (QED) is 0.401. The summed E-state index contributed by atoms with van der Waals surface area (Å²) >= 11 is 7.50. The van der Waals surface area contributed by atoms with Crippen molar-refractivity contribution in [3.63, 3.8) is 0 Å². The molecule has 1 atom stereocenters. The Morgan fingerprint density at radius 1 is 1.37 bits per heavy atom. The molecule has 9 heteroatoms. The summed E-state index contributed by atoms with van der Waals surface area (Å²) in [5.41, 5.74) is 1.85. The molecule has 0 radical (unpaired) electrons. The van der Waals surface area contributed by atoms with E-state index >= 15 is 0 Å². The molecule has 1 aliphatic rings. The number of nitrogens with one attached hydrogen (secondary N) is 2. The van der Waals surface area contributed by atoms with Crippen molar-refractivity contribution in [2.75, 3.05) is 18.5 Å². The molecule has 6 nitrogen and oxygen atoms in total. The lowest BCUT2D eigenvalue weighted by atomic mass is 10.1. The molecule has 0 bridgehead atoms. The van der Waals surface area contributed by atoms with Gasteiger partial charge in [-0.15, -0.1) is 0 Å². The van der Waals surface area contributed by atoms with E-state index < -0.39 is 0 Å². The van der Waals surface area contributed by atoms with Gasteiger partial charge >= 0.3 is 0 Å². The molecule has 2 aromatic heterocycles. The Morgan fingerprint density at radius 3 is 3.04 bits per heavy atom. The first-order valence-electron chi connectivity index (χ1n) is 8.51. The zero-order chi connectivity index (χ0) is 18.8. The van der Waals surface area contributed by atoms with Crippen LogP contribution in [-0.2, 0) is 11.3 Å². The molecule has 0 saturated carbocycles. The monoisotopic (exact) mass is 497 g/mol. The van der Waals surface area contributed by atoms with Crippen LogP contribution in [0.4, 0.5) is 15.8 Å². The van der Waals surface area contributed by atoms with Crippen molar-refractivity contribution in [1.82, 2.24) is 19.7 Å². The van der Waals surface area contributed by atoms with E-state index in [0.29, 0.717) is 27.9 Å².